The maximum atomic E-state index is 5.97. The SMILES string of the molecule is CCCc1c(N)ncnc1N(C)Cc1cccc(C)n1. The number of nitrogens with two attached hydrogens (primary N) is 1. The largest absolute Gasteiger partial charge is 0.383 e. The van der Waals surface area contributed by atoms with E-state index in [1.54, 1.807) is 0 Å². The summed E-state index contributed by atoms with van der Waals surface area (Å²) in [6.45, 7) is 4.82. The lowest BCUT2D eigenvalue weighted by Gasteiger charge is -2.21. The predicted molar refractivity (Wildman–Crippen MR) is 81.5 cm³/mol. The third kappa shape index (κ3) is 3.23. The molecule has 0 aliphatic rings. The van der Waals surface area contributed by atoms with Gasteiger partial charge in [0.1, 0.15) is 18.0 Å². The van der Waals surface area contributed by atoms with Gasteiger partial charge in [0, 0.05) is 18.3 Å². The maximum Gasteiger partial charge on any atom is 0.137 e. The number of aryl methyl sites for hydroxylation is 1. The van der Waals surface area contributed by atoms with Crippen LogP contribution in [0.5, 0.6) is 0 Å². The molecule has 0 spiro atoms. The standard InChI is InChI=1S/C15H21N5/c1-4-6-13-14(16)17-10-18-15(13)20(3)9-12-8-5-7-11(2)19-12/h5,7-8,10H,4,6,9H2,1-3H3,(H2,16,17,18). The number of rotatable bonds is 5. The van der Waals surface area contributed by atoms with E-state index in [1.807, 2.05) is 32.2 Å². The van der Waals surface area contributed by atoms with Crippen LogP contribution in [0.1, 0.15) is 30.3 Å². The topological polar surface area (TPSA) is 67.9 Å². The molecule has 0 bridgehead atoms. The molecule has 5 nitrogen and oxygen atoms in total. The Bertz CT molecular complexity index is 582. The van der Waals surface area contributed by atoms with Crippen LogP contribution in [0.4, 0.5) is 11.6 Å². The van der Waals surface area contributed by atoms with E-state index < -0.39 is 0 Å². The van der Waals surface area contributed by atoms with E-state index in [2.05, 4.69) is 26.8 Å². The van der Waals surface area contributed by atoms with Gasteiger partial charge in [-0.1, -0.05) is 19.4 Å². The third-order valence-electron chi connectivity index (χ3n) is 3.16. The molecule has 0 aromatic carbocycles. The lowest BCUT2D eigenvalue weighted by molar-refractivity contribution is 0.826. The van der Waals surface area contributed by atoms with Gasteiger partial charge in [-0.15, -0.1) is 0 Å². The molecule has 0 saturated heterocycles. The maximum absolute atomic E-state index is 5.97. The first kappa shape index (κ1) is 14.2. The summed E-state index contributed by atoms with van der Waals surface area (Å²) < 4.78 is 0. The van der Waals surface area contributed by atoms with E-state index in [1.165, 1.54) is 6.33 Å². The lowest BCUT2D eigenvalue weighted by atomic mass is 10.1. The fraction of sp³-hybridized carbons (Fsp3) is 0.400. The summed E-state index contributed by atoms with van der Waals surface area (Å²) in [6, 6.07) is 6.04. The first-order valence-electron chi connectivity index (χ1n) is 6.84. The van der Waals surface area contributed by atoms with Crippen LogP contribution in [-0.4, -0.2) is 22.0 Å². The second kappa shape index (κ2) is 6.32. The quantitative estimate of drug-likeness (QED) is 0.904. The second-order valence-corrected chi connectivity index (χ2v) is 4.94. The Kier molecular flexibility index (Phi) is 4.50. The molecule has 2 aromatic rings. The van der Waals surface area contributed by atoms with Gasteiger partial charge in [-0.2, -0.15) is 0 Å². The van der Waals surface area contributed by atoms with Gasteiger partial charge < -0.3 is 10.6 Å². The molecular weight excluding hydrogens is 250 g/mol. The van der Waals surface area contributed by atoms with Gasteiger partial charge >= 0.3 is 0 Å². The molecule has 2 aromatic heterocycles. The highest BCUT2D eigenvalue weighted by Gasteiger charge is 2.13. The number of nitrogen functional groups attached to an aromatic ring is 1. The van der Waals surface area contributed by atoms with E-state index in [4.69, 9.17) is 5.73 Å². The van der Waals surface area contributed by atoms with E-state index in [0.717, 1.165) is 35.6 Å². The van der Waals surface area contributed by atoms with E-state index in [9.17, 15) is 0 Å². The molecule has 2 heterocycles. The van der Waals surface area contributed by atoms with Gasteiger partial charge in [0.05, 0.1) is 12.2 Å². The molecule has 0 fully saturated rings. The minimum absolute atomic E-state index is 0.570. The van der Waals surface area contributed by atoms with Crippen molar-refractivity contribution in [3.8, 4) is 0 Å². The average molecular weight is 271 g/mol. The molecule has 0 aliphatic heterocycles. The molecule has 0 atom stereocenters. The van der Waals surface area contributed by atoms with Crippen LogP contribution in [0.25, 0.3) is 0 Å². The van der Waals surface area contributed by atoms with Crippen molar-refractivity contribution in [3.63, 3.8) is 0 Å². The van der Waals surface area contributed by atoms with Gasteiger partial charge in [0.2, 0.25) is 0 Å². The zero-order valence-electron chi connectivity index (χ0n) is 12.3. The monoisotopic (exact) mass is 271 g/mol. The van der Waals surface area contributed by atoms with Crippen molar-refractivity contribution in [2.45, 2.75) is 33.2 Å². The molecule has 0 radical (unpaired) electrons. The molecule has 0 amide bonds. The van der Waals surface area contributed by atoms with Crippen molar-refractivity contribution in [1.29, 1.82) is 0 Å². The van der Waals surface area contributed by atoms with Crippen LogP contribution in [0, 0.1) is 6.92 Å². The summed E-state index contributed by atoms with van der Waals surface area (Å²) in [4.78, 5) is 15.1. The van der Waals surface area contributed by atoms with Gasteiger partial charge in [-0.05, 0) is 25.5 Å². The van der Waals surface area contributed by atoms with Crippen LogP contribution in [0.15, 0.2) is 24.5 Å². The number of anilines is 2. The molecular formula is C15H21N5. The van der Waals surface area contributed by atoms with Crippen LogP contribution in [0.3, 0.4) is 0 Å². The van der Waals surface area contributed by atoms with Crippen LogP contribution < -0.4 is 10.6 Å². The van der Waals surface area contributed by atoms with E-state index >= 15 is 0 Å². The Morgan fingerprint density at radius 3 is 2.75 bits per heavy atom. The number of hydrogen-bond donors (Lipinski definition) is 1. The van der Waals surface area contributed by atoms with E-state index in [0.29, 0.717) is 12.4 Å². The third-order valence-corrected chi connectivity index (χ3v) is 3.16. The van der Waals surface area contributed by atoms with Crippen LogP contribution in [-0.2, 0) is 13.0 Å². The zero-order chi connectivity index (χ0) is 14.5. The molecule has 2 rings (SSSR count). The first-order chi connectivity index (χ1) is 9.61. The number of aromatic nitrogens is 3. The van der Waals surface area contributed by atoms with E-state index in [-0.39, 0.29) is 0 Å². The van der Waals surface area contributed by atoms with Crippen molar-refractivity contribution in [3.05, 3.63) is 41.5 Å². The molecule has 106 valence electrons. The second-order valence-electron chi connectivity index (χ2n) is 4.94. The minimum Gasteiger partial charge on any atom is -0.383 e. The minimum atomic E-state index is 0.570. The Balaban J connectivity index is 2.25. The van der Waals surface area contributed by atoms with Crippen molar-refractivity contribution in [1.82, 2.24) is 15.0 Å². The molecule has 2 N–H and O–H groups in total. The highest BCUT2D eigenvalue weighted by molar-refractivity contribution is 5.56. The van der Waals surface area contributed by atoms with Gasteiger partial charge in [-0.3, -0.25) is 4.98 Å². The van der Waals surface area contributed by atoms with Crippen molar-refractivity contribution in [2.75, 3.05) is 17.7 Å². The summed E-state index contributed by atoms with van der Waals surface area (Å²) in [7, 11) is 2.00. The fourth-order valence-corrected chi connectivity index (χ4v) is 2.24. The Morgan fingerprint density at radius 2 is 2.05 bits per heavy atom. The molecule has 0 unspecified atom stereocenters. The molecule has 0 saturated carbocycles. The highest BCUT2D eigenvalue weighted by atomic mass is 15.2. The summed E-state index contributed by atoms with van der Waals surface area (Å²) in [5, 5.41) is 0. The first-order valence-corrected chi connectivity index (χ1v) is 6.84. The van der Waals surface area contributed by atoms with Crippen molar-refractivity contribution < 1.29 is 0 Å². The number of nitrogens with zero attached hydrogens (tertiary/aromatic N) is 4. The molecule has 5 heteroatoms. The van der Waals surface area contributed by atoms with Crippen LogP contribution in [0.2, 0.25) is 0 Å². The molecule has 20 heavy (non-hydrogen) atoms. The van der Waals surface area contributed by atoms with Gasteiger partial charge in [-0.25, -0.2) is 9.97 Å². The average Bonchev–Trinajstić information content (AvgIpc) is 2.41. The van der Waals surface area contributed by atoms with Gasteiger partial charge in [0.15, 0.2) is 0 Å². The number of hydrogen-bond acceptors (Lipinski definition) is 5. The number of pyridine rings is 1. The van der Waals surface area contributed by atoms with Crippen molar-refractivity contribution >= 4 is 11.6 Å². The Labute approximate surface area is 119 Å². The summed E-state index contributed by atoms with van der Waals surface area (Å²) in [5.74, 6) is 1.46. The Morgan fingerprint density at radius 1 is 1.25 bits per heavy atom. The van der Waals surface area contributed by atoms with Gasteiger partial charge in [0.25, 0.3) is 0 Å². The lowest BCUT2D eigenvalue weighted by Crippen LogP contribution is -2.21. The summed E-state index contributed by atoms with van der Waals surface area (Å²) in [5.41, 5.74) is 9.03. The van der Waals surface area contributed by atoms with Crippen LogP contribution >= 0.6 is 0 Å². The molecule has 0 aliphatic carbocycles. The Hall–Kier alpha value is -2.17. The smallest absolute Gasteiger partial charge is 0.137 e. The summed E-state index contributed by atoms with van der Waals surface area (Å²) in [6.07, 6.45) is 3.42. The summed E-state index contributed by atoms with van der Waals surface area (Å²) >= 11 is 0. The normalized spacial score (nSPS) is 10.6. The van der Waals surface area contributed by atoms with Crippen molar-refractivity contribution in [2.24, 2.45) is 0 Å². The predicted octanol–water partition coefficient (Wildman–Crippen LogP) is 2.35. The highest BCUT2D eigenvalue weighted by Crippen LogP contribution is 2.23. The zero-order valence-corrected chi connectivity index (χ0v) is 12.3. The fourth-order valence-electron chi connectivity index (χ4n) is 2.24.